The smallest absolute Gasteiger partial charge is 0.332 e. The standard InChI is InChI=1S/C62H79FO7/c1-41(23-26-49-45(5)21-15-31-57(49,7)8)17-13-19-43(3)35-55(67)69-39-54(66)62(70-56(68)36-44(4)20-14-18-42(2)24-27-50-46(6)22-16-32-58(50,9)10)34-30-51-52-28-25-47-37-48(64)29-33-59(47,11)61(52,40-63)53(65)38-60(51,62)12/h13-14,17-20,23-24,26-27,29,33,35-37,51-52H,15-16,21-22,25,28,30-32,34,38-40H2,1-12H3/t51-,52-,59-,60-,61+,62+/m0/s1. The van der Waals surface area contributed by atoms with Gasteiger partial charge in [0.1, 0.15) is 12.5 Å². The van der Waals surface area contributed by atoms with Crippen LogP contribution in [0.4, 0.5) is 4.39 Å². The molecule has 0 N–H and O–H groups in total. The highest BCUT2D eigenvalue weighted by Gasteiger charge is 2.75. The number of allylic oxidation sites excluding steroid dienone is 22. The average molecular weight is 955 g/mol. The number of halogens is 1. The molecule has 376 valence electrons. The molecule has 6 aliphatic rings. The van der Waals surface area contributed by atoms with Gasteiger partial charge in [-0.25, -0.2) is 14.0 Å². The third-order valence-electron chi connectivity index (χ3n) is 17.4. The summed E-state index contributed by atoms with van der Waals surface area (Å²) in [6.45, 7) is 23.2. The van der Waals surface area contributed by atoms with Crippen LogP contribution in [0.3, 0.4) is 0 Å². The molecule has 6 rings (SSSR count). The van der Waals surface area contributed by atoms with Crippen molar-refractivity contribution in [3.63, 3.8) is 0 Å². The number of hydrogen-bond donors (Lipinski definition) is 0. The van der Waals surface area contributed by atoms with E-state index in [1.165, 1.54) is 53.4 Å². The van der Waals surface area contributed by atoms with Crippen molar-refractivity contribution in [3.05, 3.63) is 141 Å². The first-order valence-corrected chi connectivity index (χ1v) is 25.7. The molecule has 0 aliphatic heterocycles. The van der Waals surface area contributed by atoms with Crippen LogP contribution in [0, 0.1) is 38.9 Å². The Morgan fingerprint density at radius 1 is 0.700 bits per heavy atom. The number of hydrogen-bond acceptors (Lipinski definition) is 7. The molecule has 0 amide bonds. The number of esters is 2. The highest BCUT2D eigenvalue weighted by atomic mass is 19.1. The zero-order valence-electron chi connectivity index (χ0n) is 44.2. The van der Waals surface area contributed by atoms with E-state index in [4.69, 9.17) is 9.47 Å². The van der Waals surface area contributed by atoms with Crippen LogP contribution >= 0.6 is 0 Å². The summed E-state index contributed by atoms with van der Waals surface area (Å²) in [4.78, 5) is 69.7. The molecule has 8 heteroatoms. The molecular formula is C62H79FO7. The van der Waals surface area contributed by atoms with Crippen molar-refractivity contribution in [3.8, 4) is 0 Å². The minimum Gasteiger partial charge on any atom is -0.454 e. The first-order valence-electron chi connectivity index (χ1n) is 25.7. The van der Waals surface area contributed by atoms with E-state index in [2.05, 4.69) is 65.8 Å². The summed E-state index contributed by atoms with van der Waals surface area (Å²) in [5.41, 5.74) is 4.35. The molecule has 0 aromatic rings. The third-order valence-corrected chi connectivity index (χ3v) is 17.4. The molecule has 70 heavy (non-hydrogen) atoms. The second-order valence-electron chi connectivity index (χ2n) is 23.1. The van der Waals surface area contributed by atoms with Gasteiger partial charge >= 0.3 is 11.9 Å². The maximum absolute atomic E-state index is 15.9. The van der Waals surface area contributed by atoms with Crippen LogP contribution in [0.2, 0.25) is 0 Å². The fourth-order valence-electron chi connectivity index (χ4n) is 13.4. The molecule has 7 nitrogen and oxygen atoms in total. The summed E-state index contributed by atoms with van der Waals surface area (Å²) in [5.74, 6) is -3.56. The van der Waals surface area contributed by atoms with Gasteiger partial charge in [0.25, 0.3) is 0 Å². The number of ether oxygens (including phenoxy) is 2. The number of ketones is 3. The molecule has 0 unspecified atom stereocenters. The van der Waals surface area contributed by atoms with Gasteiger partial charge in [-0.1, -0.05) is 136 Å². The average Bonchev–Trinajstić information content (AvgIpc) is 3.55. The first kappa shape index (κ1) is 54.1. The second-order valence-corrected chi connectivity index (χ2v) is 23.1. The van der Waals surface area contributed by atoms with Crippen molar-refractivity contribution in [2.24, 2.45) is 38.9 Å². The van der Waals surface area contributed by atoms with Crippen molar-refractivity contribution in [2.75, 3.05) is 13.3 Å². The lowest BCUT2D eigenvalue weighted by Gasteiger charge is -2.62. The van der Waals surface area contributed by atoms with Crippen LogP contribution in [-0.4, -0.2) is 48.2 Å². The molecule has 0 bridgehead atoms. The quantitative estimate of drug-likeness (QED) is 0.0915. The molecule has 3 saturated carbocycles. The lowest BCUT2D eigenvalue weighted by atomic mass is 9.40. The fourth-order valence-corrected chi connectivity index (χ4v) is 13.4. The number of carbonyl (C=O) groups is 5. The van der Waals surface area contributed by atoms with Crippen LogP contribution in [-0.2, 0) is 33.4 Å². The fraction of sp³-hybridized carbons (Fsp3) is 0.532. The predicted octanol–water partition coefficient (Wildman–Crippen LogP) is 14.3. The topological polar surface area (TPSA) is 104 Å². The number of alkyl halides is 1. The van der Waals surface area contributed by atoms with Gasteiger partial charge in [-0.05, 0) is 163 Å². The number of fused-ring (bicyclic) bond motifs is 5. The lowest BCUT2D eigenvalue weighted by molar-refractivity contribution is -0.197. The Kier molecular flexibility index (Phi) is 16.4. The van der Waals surface area contributed by atoms with Crippen LogP contribution in [0.1, 0.15) is 154 Å². The van der Waals surface area contributed by atoms with Gasteiger partial charge < -0.3 is 9.47 Å². The van der Waals surface area contributed by atoms with Crippen LogP contribution in [0.5, 0.6) is 0 Å². The van der Waals surface area contributed by atoms with E-state index in [1.807, 2.05) is 52.0 Å². The van der Waals surface area contributed by atoms with Gasteiger partial charge in [-0.15, -0.1) is 0 Å². The molecule has 6 aliphatic carbocycles. The van der Waals surface area contributed by atoms with Crippen molar-refractivity contribution in [1.82, 2.24) is 0 Å². The normalized spacial score (nSPS) is 31.7. The molecule has 3 fully saturated rings. The summed E-state index contributed by atoms with van der Waals surface area (Å²) in [6.07, 6.45) is 35.4. The Morgan fingerprint density at radius 3 is 1.77 bits per heavy atom. The van der Waals surface area contributed by atoms with Crippen LogP contribution in [0.15, 0.2) is 141 Å². The van der Waals surface area contributed by atoms with Gasteiger partial charge in [-0.2, -0.15) is 0 Å². The van der Waals surface area contributed by atoms with Crippen LogP contribution in [0.25, 0.3) is 0 Å². The van der Waals surface area contributed by atoms with E-state index < -0.39 is 64.7 Å². The van der Waals surface area contributed by atoms with Crippen molar-refractivity contribution < 1.29 is 37.8 Å². The minimum absolute atomic E-state index is 0.0754. The summed E-state index contributed by atoms with van der Waals surface area (Å²) in [6, 6.07) is 0. The van der Waals surface area contributed by atoms with Crippen molar-refractivity contribution in [2.45, 2.75) is 159 Å². The maximum atomic E-state index is 15.9. The Bertz CT molecular complexity index is 2540. The molecule has 0 aromatic heterocycles. The van der Waals surface area contributed by atoms with Crippen LogP contribution < -0.4 is 0 Å². The third kappa shape index (κ3) is 10.7. The zero-order valence-corrected chi connectivity index (χ0v) is 44.2. The largest absolute Gasteiger partial charge is 0.454 e. The summed E-state index contributed by atoms with van der Waals surface area (Å²) >= 11 is 0. The van der Waals surface area contributed by atoms with Gasteiger partial charge in [0.15, 0.2) is 18.0 Å². The molecule has 0 spiro atoms. The van der Waals surface area contributed by atoms with E-state index in [0.29, 0.717) is 30.4 Å². The van der Waals surface area contributed by atoms with E-state index in [0.717, 1.165) is 42.4 Å². The van der Waals surface area contributed by atoms with E-state index in [1.54, 1.807) is 38.2 Å². The highest BCUT2D eigenvalue weighted by molar-refractivity contribution is 6.03. The van der Waals surface area contributed by atoms with Gasteiger partial charge in [0, 0.05) is 29.4 Å². The molecular weight excluding hydrogens is 876 g/mol. The Balaban J connectivity index is 1.23. The highest BCUT2D eigenvalue weighted by Crippen LogP contribution is 2.71. The van der Waals surface area contributed by atoms with E-state index >= 15 is 4.39 Å². The lowest BCUT2D eigenvalue weighted by Crippen LogP contribution is -2.67. The summed E-state index contributed by atoms with van der Waals surface area (Å²) < 4.78 is 28.0. The summed E-state index contributed by atoms with van der Waals surface area (Å²) in [5, 5.41) is 0. The molecule has 0 radical (unpaired) electrons. The van der Waals surface area contributed by atoms with Crippen molar-refractivity contribution >= 4 is 29.3 Å². The SMILES string of the molecule is CC(C=CC1=C(C)CCCC1(C)C)=CC=CC(C)=CC(=O)OCC(=O)[C@]1(OC(=O)C=C(C)C=CC=C(C)C=CC2=C(C)CCCC2(C)C)CC[C@H]2[C@@H]3CCC4=CC(=O)C=C[C@]4(C)[C@@]3(CF)C(=O)C[C@@]21C. The number of carbonyl (C=O) groups excluding carboxylic acids is 5. The van der Waals surface area contributed by atoms with E-state index in [9.17, 15) is 24.0 Å². The summed E-state index contributed by atoms with van der Waals surface area (Å²) in [7, 11) is 0. The molecule has 0 aromatic carbocycles. The number of rotatable bonds is 15. The van der Waals surface area contributed by atoms with Gasteiger partial charge in [0.2, 0.25) is 5.78 Å². The Hall–Kier alpha value is -5.24. The minimum atomic E-state index is -1.85. The number of Topliss-reactive ketones (excluding diaryl/α,β-unsaturated/α-hetero) is 2. The first-order chi connectivity index (χ1) is 32.9. The van der Waals surface area contributed by atoms with Crippen molar-refractivity contribution in [1.29, 1.82) is 0 Å². The van der Waals surface area contributed by atoms with Gasteiger partial charge in [-0.3, -0.25) is 14.4 Å². The monoisotopic (exact) mass is 955 g/mol. The molecule has 0 heterocycles. The Labute approximate surface area is 418 Å². The molecule has 6 atom stereocenters. The van der Waals surface area contributed by atoms with E-state index in [-0.39, 0.29) is 35.2 Å². The molecule has 0 saturated heterocycles. The maximum Gasteiger partial charge on any atom is 0.332 e. The van der Waals surface area contributed by atoms with Gasteiger partial charge in [0.05, 0.1) is 5.41 Å². The second kappa shape index (κ2) is 21.2. The Morgan fingerprint density at radius 2 is 1.24 bits per heavy atom. The predicted molar refractivity (Wildman–Crippen MR) is 279 cm³/mol. The zero-order chi connectivity index (χ0) is 51.5.